The zero-order valence-corrected chi connectivity index (χ0v) is 18.3. The number of hydrogen-bond donors (Lipinski definition) is 2. The van der Waals surface area contributed by atoms with E-state index < -0.39 is 26.4 Å². The number of benzene rings is 1. The first-order valence-electron chi connectivity index (χ1n) is 9.92. The van der Waals surface area contributed by atoms with Crippen LogP contribution >= 0.6 is 0 Å². The third kappa shape index (κ3) is 5.17. The highest BCUT2D eigenvalue weighted by Crippen LogP contribution is 2.27. The molecule has 0 saturated carbocycles. The number of carbonyl (C=O) groups is 1. The van der Waals surface area contributed by atoms with E-state index in [0.717, 1.165) is 35.9 Å². The van der Waals surface area contributed by atoms with E-state index in [1.165, 1.54) is 30.2 Å². The van der Waals surface area contributed by atoms with Crippen molar-refractivity contribution < 1.29 is 22.8 Å². The van der Waals surface area contributed by atoms with Gasteiger partial charge in [-0.3, -0.25) is 14.9 Å². The Labute approximate surface area is 181 Å². The smallest absolute Gasteiger partial charge is 0.264 e. The maximum atomic E-state index is 13.0. The van der Waals surface area contributed by atoms with E-state index in [4.69, 9.17) is 5.21 Å². The van der Waals surface area contributed by atoms with Gasteiger partial charge in [-0.05, 0) is 48.6 Å². The van der Waals surface area contributed by atoms with Crippen LogP contribution in [0.25, 0.3) is 16.7 Å². The molecule has 31 heavy (non-hydrogen) atoms. The summed E-state index contributed by atoms with van der Waals surface area (Å²) in [6.07, 6.45) is 5.48. The first-order valence-corrected chi connectivity index (χ1v) is 11.8. The maximum Gasteiger partial charge on any atom is 0.264 e. The number of hydrogen-bond acceptors (Lipinski definition) is 6. The standard InChI is InChI=1S/C22H26FN3O4S/c1-22(21(27)25-28,31(2,29)30)11-14-26-12-9-18(10-13-26)16-3-5-17(6-4-16)19-7-8-20(23)24-15-19/h3-9,15,28H,10-14H2,1-2H3,(H,25,27). The molecule has 1 unspecified atom stereocenters. The zero-order valence-electron chi connectivity index (χ0n) is 17.5. The van der Waals surface area contributed by atoms with Crippen molar-refractivity contribution in [1.82, 2.24) is 15.4 Å². The van der Waals surface area contributed by atoms with Gasteiger partial charge in [0.05, 0.1) is 0 Å². The summed E-state index contributed by atoms with van der Waals surface area (Å²) in [7, 11) is -3.70. The number of carbonyl (C=O) groups excluding carboxylic acids is 1. The molecule has 0 aliphatic carbocycles. The summed E-state index contributed by atoms with van der Waals surface area (Å²) in [5, 5.41) is 8.93. The molecule has 9 heteroatoms. The number of hydroxylamine groups is 1. The van der Waals surface area contributed by atoms with Gasteiger partial charge in [-0.2, -0.15) is 4.39 Å². The van der Waals surface area contributed by atoms with Gasteiger partial charge >= 0.3 is 0 Å². The SMILES string of the molecule is CC(CCN1CC=C(c2ccc(-c3ccc(F)nc3)cc2)CC1)(C(=O)NO)S(C)(=O)=O. The molecule has 0 bridgehead atoms. The van der Waals surface area contributed by atoms with Crippen LogP contribution in [0.1, 0.15) is 25.3 Å². The molecule has 0 saturated heterocycles. The number of rotatable bonds is 7. The predicted molar refractivity (Wildman–Crippen MR) is 116 cm³/mol. The predicted octanol–water partition coefficient (Wildman–Crippen LogP) is 2.68. The number of halogens is 1. The van der Waals surface area contributed by atoms with Crippen molar-refractivity contribution >= 4 is 21.3 Å². The fraction of sp³-hybridized carbons (Fsp3) is 0.364. The van der Waals surface area contributed by atoms with Crippen LogP contribution in [0, 0.1) is 5.95 Å². The first kappa shape index (κ1) is 23.1. The van der Waals surface area contributed by atoms with Crippen LogP contribution in [0.3, 0.4) is 0 Å². The molecule has 1 aromatic heterocycles. The molecular formula is C22H26FN3O4S. The third-order valence-electron chi connectivity index (χ3n) is 5.91. The molecule has 2 heterocycles. The van der Waals surface area contributed by atoms with Crippen LogP contribution in [-0.4, -0.2) is 60.1 Å². The molecule has 3 rings (SSSR count). The van der Waals surface area contributed by atoms with Crippen molar-refractivity contribution in [3.63, 3.8) is 0 Å². The number of sulfone groups is 1. The first-order chi connectivity index (χ1) is 14.6. The van der Waals surface area contributed by atoms with Crippen molar-refractivity contribution in [2.45, 2.75) is 24.5 Å². The summed E-state index contributed by atoms with van der Waals surface area (Å²) in [6, 6.07) is 11.0. The van der Waals surface area contributed by atoms with Crippen LogP contribution in [0.4, 0.5) is 4.39 Å². The second-order valence-electron chi connectivity index (χ2n) is 7.92. The van der Waals surface area contributed by atoms with E-state index in [1.807, 2.05) is 24.3 Å². The average molecular weight is 448 g/mol. The molecule has 2 N–H and O–H groups in total. The Bertz CT molecular complexity index is 1070. The average Bonchev–Trinajstić information content (AvgIpc) is 2.77. The highest BCUT2D eigenvalue weighted by atomic mass is 32.2. The van der Waals surface area contributed by atoms with Gasteiger partial charge in [-0.1, -0.05) is 30.3 Å². The highest BCUT2D eigenvalue weighted by Gasteiger charge is 2.43. The van der Waals surface area contributed by atoms with E-state index in [9.17, 15) is 17.6 Å². The molecule has 0 fully saturated rings. The molecule has 1 amide bonds. The Morgan fingerprint density at radius 2 is 1.84 bits per heavy atom. The summed E-state index contributed by atoms with van der Waals surface area (Å²) < 4.78 is 35.5. The number of pyridine rings is 1. The Balaban J connectivity index is 1.63. The Hall–Kier alpha value is -2.62. The van der Waals surface area contributed by atoms with E-state index in [1.54, 1.807) is 6.07 Å². The van der Waals surface area contributed by atoms with Crippen molar-refractivity contribution in [2.75, 3.05) is 25.9 Å². The van der Waals surface area contributed by atoms with Gasteiger partial charge in [0.2, 0.25) is 5.95 Å². The minimum atomic E-state index is -3.70. The highest BCUT2D eigenvalue weighted by molar-refractivity contribution is 7.92. The zero-order chi connectivity index (χ0) is 22.6. The lowest BCUT2D eigenvalue weighted by Gasteiger charge is -2.31. The molecule has 0 radical (unpaired) electrons. The lowest BCUT2D eigenvalue weighted by Crippen LogP contribution is -2.51. The van der Waals surface area contributed by atoms with Crippen molar-refractivity contribution in [2.24, 2.45) is 0 Å². The van der Waals surface area contributed by atoms with Gasteiger partial charge < -0.3 is 0 Å². The molecule has 2 aromatic rings. The van der Waals surface area contributed by atoms with E-state index in [2.05, 4.69) is 16.0 Å². The molecular weight excluding hydrogens is 421 g/mol. The minimum Gasteiger partial charge on any atom is -0.299 e. The monoisotopic (exact) mass is 447 g/mol. The Kier molecular flexibility index (Phi) is 6.88. The lowest BCUT2D eigenvalue weighted by atomic mass is 9.96. The number of aromatic nitrogens is 1. The molecule has 1 aliphatic rings. The summed E-state index contributed by atoms with van der Waals surface area (Å²) in [5.74, 6) is -1.43. The number of nitrogens with zero attached hydrogens (tertiary/aromatic N) is 2. The second-order valence-corrected chi connectivity index (χ2v) is 10.4. The van der Waals surface area contributed by atoms with Gasteiger partial charge in [0.15, 0.2) is 14.6 Å². The number of amides is 1. The van der Waals surface area contributed by atoms with Crippen molar-refractivity contribution in [1.29, 1.82) is 0 Å². The summed E-state index contributed by atoms with van der Waals surface area (Å²) in [5.41, 5.74) is 5.57. The topological polar surface area (TPSA) is 99.6 Å². The van der Waals surface area contributed by atoms with Gasteiger partial charge in [0, 0.05) is 37.7 Å². The van der Waals surface area contributed by atoms with Crippen molar-refractivity contribution in [3.05, 3.63) is 60.2 Å². The van der Waals surface area contributed by atoms with Gasteiger partial charge in [-0.25, -0.2) is 18.9 Å². The van der Waals surface area contributed by atoms with E-state index >= 15 is 0 Å². The second kappa shape index (κ2) is 9.25. The Morgan fingerprint density at radius 1 is 1.19 bits per heavy atom. The third-order valence-corrected chi connectivity index (χ3v) is 7.94. The summed E-state index contributed by atoms with van der Waals surface area (Å²) in [4.78, 5) is 17.7. The maximum absolute atomic E-state index is 13.0. The fourth-order valence-electron chi connectivity index (χ4n) is 3.56. The quantitative estimate of drug-likeness (QED) is 0.385. The van der Waals surface area contributed by atoms with Gasteiger partial charge in [0.25, 0.3) is 5.91 Å². The molecule has 0 spiro atoms. The molecule has 1 atom stereocenters. The van der Waals surface area contributed by atoms with E-state index in [-0.39, 0.29) is 6.42 Å². The molecule has 166 valence electrons. The number of nitrogens with one attached hydrogen (secondary N) is 1. The van der Waals surface area contributed by atoms with E-state index in [0.29, 0.717) is 13.1 Å². The van der Waals surface area contributed by atoms with Crippen LogP contribution in [0.2, 0.25) is 0 Å². The van der Waals surface area contributed by atoms with Crippen molar-refractivity contribution in [3.8, 4) is 11.1 Å². The van der Waals surface area contributed by atoms with Gasteiger partial charge in [-0.15, -0.1) is 0 Å². The van der Waals surface area contributed by atoms with Crippen LogP contribution in [-0.2, 0) is 14.6 Å². The normalized spacial score (nSPS) is 17.0. The lowest BCUT2D eigenvalue weighted by molar-refractivity contribution is -0.131. The Morgan fingerprint density at radius 3 is 2.35 bits per heavy atom. The largest absolute Gasteiger partial charge is 0.299 e. The summed E-state index contributed by atoms with van der Waals surface area (Å²) in [6.45, 7) is 3.12. The molecule has 1 aliphatic heterocycles. The summed E-state index contributed by atoms with van der Waals surface area (Å²) >= 11 is 0. The fourth-order valence-corrected chi connectivity index (χ4v) is 4.40. The van der Waals surface area contributed by atoms with Gasteiger partial charge in [0.1, 0.15) is 0 Å². The van der Waals surface area contributed by atoms with Crippen LogP contribution < -0.4 is 5.48 Å². The molecule has 1 aromatic carbocycles. The molecule has 7 nitrogen and oxygen atoms in total. The van der Waals surface area contributed by atoms with Crippen LogP contribution in [0.5, 0.6) is 0 Å². The van der Waals surface area contributed by atoms with Crippen LogP contribution in [0.15, 0.2) is 48.7 Å². The minimum absolute atomic E-state index is 0.0851.